The zero-order valence-electron chi connectivity index (χ0n) is 17.7. The minimum absolute atomic E-state index is 0.329. The zero-order valence-corrected chi connectivity index (χ0v) is 18.5. The summed E-state index contributed by atoms with van der Waals surface area (Å²) >= 11 is 2.02. The van der Waals surface area contributed by atoms with Crippen LogP contribution in [0.15, 0.2) is 114 Å². The number of allylic oxidation sites excluding steroid dienone is 6. The van der Waals surface area contributed by atoms with E-state index in [0.717, 1.165) is 6.42 Å². The van der Waals surface area contributed by atoms with Crippen LogP contribution in [0.3, 0.4) is 0 Å². The first-order chi connectivity index (χ1) is 15.9. The van der Waals surface area contributed by atoms with E-state index in [1.807, 2.05) is 17.8 Å². The number of thioether (sulfide) groups is 1. The van der Waals surface area contributed by atoms with E-state index >= 15 is 0 Å². The number of benzene rings is 3. The van der Waals surface area contributed by atoms with Crippen LogP contribution in [0.4, 0.5) is 0 Å². The first-order valence-corrected chi connectivity index (χ1v) is 12.2. The molecule has 0 nitrogen and oxygen atoms in total. The maximum Gasteiger partial charge on any atom is 0.0391 e. The van der Waals surface area contributed by atoms with Crippen molar-refractivity contribution in [3.63, 3.8) is 0 Å². The Morgan fingerprint density at radius 3 is 2.59 bits per heavy atom. The van der Waals surface area contributed by atoms with Gasteiger partial charge in [0, 0.05) is 22.0 Å². The highest BCUT2D eigenvalue weighted by Crippen LogP contribution is 2.52. The molecule has 3 atom stereocenters. The maximum absolute atomic E-state index is 3.39. The van der Waals surface area contributed by atoms with Gasteiger partial charge in [-0.2, -0.15) is 0 Å². The molecule has 0 radical (unpaired) electrons. The van der Waals surface area contributed by atoms with Gasteiger partial charge in [0.2, 0.25) is 0 Å². The van der Waals surface area contributed by atoms with Crippen LogP contribution in [0.5, 0.6) is 0 Å². The Bertz CT molecular complexity index is 1420. The van der Waals surface area contributed by atoms with Gasteiger partial charge in [-0.15, -0.1) is 17.5 Å². The molecule has 0 aromatic heterocycles. The molecular formula is C31H22S. The van der Waals surface area contributed by atoms with E-state index in [-0.39, 0.29) is 0 Å². The van der Waals surface area contributed by atoms with Gasteiger partial charge >= 0.3 is 0 Å². The monoisotopic (exact) mass is 426 g/mol. The van der Waals surface area contributed by atoms with Crippen molar-refractivity contribution in [1.29, 1.82) is 0 Å². The smallest absolute Gasteiger partial charge is 0.0391 e. The highest BCUT2D eigenvalue weighted by Gasteiger charge is 2.33. The summed E-state index contributed by atoms with van der Waals surface area (Å²) in [5.41, 5.74) is 14.7. The molecule has 3 aliphatic carbocycles. The predicted molar refractivity (Wildman–Crippen MR) is 136 cm³/mol. The molecule has 0 spiro atoms. The highest BCUT2D eigenvalue weighted by atomic mass is 32.2. The van der Waals surface area contributed by atoms with Crippen LogP contribution in [0, 0.1) is 0 Å². The van der Waals surface area contributed by atoms with Crippen LogP contribution in [0.2, 0.25) is 0 Å². The summed E-state index contributed by atoms with van der Waals surface area (Å²) in [4.78, 5) is 1.42. The Morgan fingerprint density at radius 1 is 0.781 bits per heavy atom. The van der Waals surface area contributed by atoms with Gasteiger partial charge in [0.25, 0.3) is 0 Å². The fraction of sp³-hybridized carbons (Fsp3) is 0.129. The van der Waals surface area contributed by atoms with E-state index in [2.05, 4.69) is 103 Å². The van der Waals surface area contributed by atoms with Gasteiger partial charge in [-0.05, 0) is 69.2 Å². The van der Waals surface area contributed by atoms with Gasteiger partial charge in [-0.25, -0.2) is 0 Å². The third-order valence-electron chi connectivity index (χ3n) is 7.25. The van der Waals surface area contributed by atoms with Crippen LogP contribution in [0.1, 0.15) is 40.5 Å². The van der Waals surface area contributed by atoms with Gasteiger partial charge in [0.05, 0.1) is 0 Å². The standard InChI is InChI=1S/C31H22S/c1-2-8-23-22-10-4-5-11-24(22)26-16-14-20(18-29(26)25(23)9-3-1)21-15-17-28-27-12-6-7-13-30(27)32-31(28)19-21/h1-2,4-18,23,25,31H,19H2. The van der Waals surface area contributed by atoms with Gasteiger partial charge in [-0.1, -0.05) is 85.0 Å². The highest BCUT2D eigenvalue weighted by molar-refractivity contribution is 8.00. The molecule has 0 saturated carbocycles. The molecule has 32 heavy (non-hydrogen) atoms. The summed E-state index contributed by atoms with van der Waals surface area (Å²) < 4.78 is 0. The molecule has 3 aromatic carbocycles. The van der Waals surface area contributed by atoms with Crippen molar-refractivity contribution in [2.75, 3.05) is 0 Å². The number of rotatable bonds is 1. The third kappa shape index (κ3) is 2.72. The van der Waals surface area contributed by atoms with E-state index in [9.17, 15) is 0 Å². The summed E-state index contributed by atoms with van der Waals surface area (Å²) in [6.45, 7) is 0. The molecule has 0 saturated heterocycles. The topological polar surface area (TPSA) is 0 Å². The molecule has 0 fully saturated rings. The second-order valence-electron chi connectivity index (χ2n) is 8.95. The van der Waals surface area contributed by atoms with Crippen LogP contribution < -0.4 is 0 Å². The van der Waals surface area contributed by atoms with Crippen molar-refractivity contribution in [3.05, 3.63) is 131 Å². The summed E-state index contributed by atoms with van der Waals surface area (Å²) in [6.07, 6.45) is 14.6. The minimum Gasteiger partial charge on any atom is -0.125 e. The van der Waals surface area contributed by atoms with Crippen LogP contribution in [0.25, 0.3) is 22.3 Å². The van der Waals surface area contributed by atoms with Crippen molar-refractivity contribution in [1.82, 2.24) is 0 Å². The Morgan fingerprint density at radius 2 is 1.62 bits per heavy atom. The molecule has 3 aromatic rings. The molecule has 0 bridgehead atoms. The molecule has 1 aliphatic heterocycles. The summed E-state index contributed by atoms with van der Waals surface area (Å²) in [7, 11) is 0. The molecule has 4 aliphatic rings. The van der Waals surface area contributed by atoms with Gasteiger partial charge in [0.15, 0.2) is 0 Å². The fourth-order valence-corrected chi connectivity index (χ4v) is 7.10. The molecule has 1 heteroatoms. The molecule has 152 valence electrons. The Balaban J connectivity index is 1.34. The first kappa shape index (κ1) is 18.3. The average molecular weight is 427 g/mol. The van der Waals surface area contributed by atoms with E-state index in [1.165, 1.54) is 49.4 Å². The molecule has 1 heterocycles. The number of hydrogen-bond acceptors (Lipinski definition) is 1. The maximum atomic E-state index is 3.39. The fourth-order valence-electron chi connectivity index (χ4n) is 5.73. The lowest BCUT2D eigenvalue weighted by Gasteiger charge is -2.32. The summed E-state index contributed by atoms with van der Waals surface area (Å²) in [5.74, 6) is 0.696. The van der Waals surface area contributed by atoms with E-state index in [4.69, 9.17) is 0 Å². The van der Waals surface area contributed by atoms with Crippen LogP contribution >= 0.6 is 11.8 Å². The van der Waals surface area contributed by atoms with Gasteiger partial charge < -0.3 is 0 Å². The van der Waals surface area contributed by atoms with Crippen molar-refractivity contribution >= 4 is 22.9 Å². The molecule has 3 unspecified atom stereocenters. The largest absolute Gasteiger partial charge is 0.125 e. The molecule has 0 amide bonds. The Kier molecular flexibility index (Phi) is 4.09. The van der Waals surface area contributed by atoms with Gasteiger partial charge in [0.1, 0.15) is 0 Å². The lowest BCUT2D eigenvalue weighted by atomic mass is 9.71. The SMILES string of the molecule is C1=CC=CC2c3ccccc3-c3ccc(C4=CC=C5c6ccccc6SC5C4)cc3C2C=1. The Labute approximate surface area is 193 Å². The lowest BCUT2D eigenvalue weighted by Crippen LogP contribution is -2.15. The second kappa shape index (κ2) is 7.14. The number of fused-ring (bicyclic) bond motifs is 9. The van der Waals surface area contributed by atoms with Crippen molar-refractivity contribution in [2.24, 2.45) is 0 Å². The average Bonchev–Trinajstić information content (AvgIpc) is 3.03. The second-order valence-corrected chi connectivity index (χ2v) is 10.2. The quantitative estimate of drug-likeness (QED) is 0.354. The van der Waals surface area contributed by atoms with Crippen molar-refractivity contribution in [2.45, 2.75) is 28.4 Å². The molecule has 0 N–H and O–H groups in total. The van der Waals surface area contributed by atoms with Crippen LogP contribution in [-0.4, -0.2) is 5.25 Å². The minimum atomic E-state index is 0.329. The Hall–Kier alpha value is -3.25. The first-order valence-electron chi connectivity index (χ1n) is 11.4. The molecule has 7 rings (SSSR count). The van der Waals surface area contributed by atoms with Crippen LogP contribution in [-0.2, 0) is 0 Å². The van der Waals surface area contributed by atoms with E-state index < -0.39 is 0 Å². The summed E-state index contributed by atoms with van der Waals surface area (Å²) in [6, 6.07) is 24.9. The van der Waals surface area contributed by atoms with E-state index in [1.54, 1.807) is 0 Å². The number of hydrogen-bond donors (Lipinski definition) is 0. The van der Waals surface area contributed by atoms with E-state index in [0.29, 0.717) is 17.1 Å². The van der Waals surface area contributed by atoms with Gasteiger partial charge in [-0.3, -0.25) is 0 Å². The van der Waals surface area contributed by atoms with Crippen molar-refractivity contribution in [3.8, 4) is 11.1 Å². The lowest BCUT2D eigenvalue weighted by molar-refractivity contribution is 0.730. The predicted octanol–water partition coefficient (Wildman–Crippen LogP) is 8.16. The van der Waals surface area contributed by atoms with Crippen molar-refractivity contribution < 1.29 is 0 Å². The third-order valence-corrected chi connectivity index (χ3v) is 8.56. The summed E-state index contributed by atoms with van der Waals surface area (Å²) in [5, 5.41) is 0.528. The zero-order chi connectivity index (χ0) is 21.1. The normalized spacial score (nSPS) is 23.8. The molecular weight excluding hydrogens is 404 g/mol.